The van der Waals surface area contributed by atoms with Gasteiger partial charge in [0.1, 0.15) is 0 Å². The Morgan fingerprint density at radius 3 is 0.830 bits per heavy atom. The van der Waals surface area contributed by atoms with Gasteiger partial charge in [-0.05, 0) is 431 Å². The maximum atomic E-state index is 2.41. The van der Waals surface area contributed by atoms with Gasteiger partial charge in [-0.25, -0.2) is 0 Å². The number of allylic oxidation sites excluding steroid dienone is 13. The molecule has 0 spiro atoms. The molecule has 10 aliphatic rings. The minimum absolute atomic E-state index is 1.27. The Morgan fingerprint density at radius 2 is 0.383 bits per heavy atom. The number of hydrogen-bond acceptors (Lipinski definition) is 0. The van der Waals surface area contributed by atoms with Crippen molar-refractivity contribution in [1.29, 1.82) is 0 Å². The maximum absolute atomic E-state index is 2.41. The summed E-state index contributed by atoms with van der Waals surface area (Å²) in [5.74, 6) is 0. The van der Waals surface area contributed by atoms with Gasteiger partial charge in [-0.15, -0.1) is 0 Å². The Balaban J connectivity index is 0.0000000851. The van der Waals surface area contributed by atoms with E-state index in [-0.39, 0.29) is 0 Å². The smallest absolute Gasteiger partial charge is 0.000138 e. The van der Waals surface area contributed by atoms with Crippen molar-refractivity contribution in [3.05, 3.63) is 583 Å². The molecule has 0 aromatic heterocycles. The van der Waals surface area contributed by atoms with Crippen LogP contribution in [0.1, 0.15) is 149 Å². The Bertz CT molecular complexity index is 9940. The van der Waals surface area contributed by atoms with Crippen LogP contribution in [0.5, 0.6) is 0 Å². The lowest BCUT2D eigenvalue weighted by Crippen LogP contribution is -1.93. The van der Waals surface area contributed by atoms with Crippen molar-refractivity contribution in [1.82, 2.24) is 0 Å². The van der Waals surface area contributed by atoms with Crippen molar-refractivity contribution in [3.8, 4) is 0 Å². The van der Waals surface area contributed by atoms with E-state index in [0.29, 0.717) is 0 Å². The van der Waals surface area contributed by atoms with Crippen molar-refractivity contribution in [3.63, 3.8) is 0 Å². The van der Waals surface area contributed by atoms with Crippen LogP contribution < -0.4 is 0 Å². The van der Waals surface area contributed by atoms with Crippen LogP contribution in [-0.4, -0.2) is 0 Å². The Hall–Kier alpha value is -17.9. The van der Waals surface area contributed by atoms with Crippen molar-refractivity contribution < 1.29 is 0 Å². The summed E-state index contributed by atoms with van der Waals surface area (Å²) >= 11 is 0. The normalized spacial score (nSPS) is 14.3. The standard InChI is InChI=1S/C36H22.C30H18.C26H18.C25H16.C24H14/c1-3-12-24(13-4-1)32-29-20-19-23-11-9-10-18-28(23)34(29)36-33(25-14-5-2-6-15-25)30-21-26-16-7-8-17-27(26)22-31(30)35(32)36;1-2-9-20(10-3-1)28-26-17-22-12-5-4-11-21(22)16-25(26)27-18-23-15-14-19-8-6-7-13-24(19)29(23)30(27)28;1-15-20-12-11-17-7-5-6-10-21(17)26(20)25-16(2)22-13-18-8-3-4-9-19(18)14-23(22)24(15)25;1-15-21-12-17-7-2-3-8-18(17)13-22(21)23-14-19-11-10-16-6-4-5-9-20(16)25(19)24(15)23;1-2-7-17-12-21-19(11-16(17)6-1)14-23-22(21)13-18-10-9-15-5-3-4-8-20(15)24(18)23/h1-22H;1-18H;3-14H,1-2H3;2-14H,1H3;1-14H. The maximum Gasteiger partial charge on any atom is -0.000138 e. The van der Waals surface area contributed by atoms with Gasteiger partial charge in [-0.2, -0.15) is 0 Å². The van der Waals surface area contributed by atoms with E-state index in [9.17, 15) is 0 Å². The second-order valence-electron chi connectivity index (χ2n) is 39.0. The highest BCUT2D eigenvalue weighted by Crippen LogP contribution is 2.64. The molecule has 23 aromatic rings. The largest absolute Gasteiger partial charge is 0.0622 e. The topological polar surface area (TPSA) is 0 Å². The zero-order chi connectivity index (χ0) is 92.9. The summed E-state index contributed by atoms with van der Waals surface area (Å²) < 4.78 is 0. The molecule has 0 N–H and O–H groups in total. The average Bonchev–Trinajstić information content (AvgIpc) is 1.53. The minimum Gasteiger partial charge on any atom is -0.0622 e. The van der Waals surface area contributed by atoms with Crippen LogP contribution in [0.2, 0.25) is 0 Å². The van der Waals surface area contributed by atoms with E-state index in [1.54, 1.807) is 0 Å². The van der Waals surface area contributed by atoms with Crippen molar-refractivity contribution in [2.24, 2.45) is 0 Å². The average molecular weight is 1780 g/mol. The quantitative estimate of drug-likeness (QED) is 0.165. The van der Waals surface area contributed by atoms with Gasteiger partial charge in [0.25, 0.3) is 0 Å². The highest BCUT2D eigenvalue weighted by atomic mass is 14.4. The highest BCUT2D eigenvalue weighted by molar-refractivity contribution is 6.40. The zero-order valence-corrected chi connectivity index (χ0v) is 78.1. The molecule has 33 rings (SSSR count). The predicted molar refractivity (Wildman–Crippen MR) is 606 cm³/mol. The summed E-state index contributed by atoms with van der Waals surface area (Å²) in [7, 11) is 0. The zero-order valence-electron chi connectivity index (χ0n) is 78.1. The fraction of sp³-hybridized carbons (Fsp3) is 0.0213. The first-order chi connectivity index (χ1) is 69.7. The fourth-order valence-electron chi connectivity index (χ4n) is 25.2. The van der Waals surface area contributed by atoms with Crippen LogP contribution in [0.15, 0.2) is 455 Å². The van der Waals surface area contributed by atoms with E-state index in [0.717, 1.165) is 0 Å². The molecule has 0 unspecified atom stereocenters. The van der Waals surface area contributed by atoms with E-state index < -0.39 is 0 Å². The second kappa shape index (κ2) is 31.6. The van der Waals surface area contributed by atoms with Crippen LogP contribution in [0.4, 0.5) is 0 Å². The molecule has 652 valence electrons. The minimum atomic E-state index is 1.27. The van der Waals surface area contributed by atoms with Gasteiger partial charge in [-0.3, -0.25) is 0 Å². The lowest BCUT2D eigenvalue weighted by Gasteiger charge is -2.14. The van der Waals surface area contributed by atoms with Gasteiger partial charge in [0, 0.05) is 0 Å². The van der Waals surface area contributed by atoms with Gasteiger partial charge < -0.3 is 0 Å². The second-order valence-corrected chi connectivity index (χ2v) is 39.0. The van der Waals surface area contributed by atoms with Crippen LogP contribution >= 0.6 is 0 Å². The summed E-state index contributed by atoms with van der Waals surface area (Å²) in [6.07, 6.45) is 9.49. The van der Waals surface area contributed by atoms with Crippen molar-refractivity contribution in [2.45, 2.75) is 20.8 Å². The molecule has 0 bridgehead atoms. The molecule has 10 aliphatic carbocycles. The molecule has 0 saturated heterocycles. The molecule has 0 aliphatic heterocycles. The van der Waals surface area contributed by atoms with Crippen LogP contribution in [-0.2, 0) is 0 Å². The molecule has 0 amide bonds. The van der Waals surface area contributed by atoms with E-state index in [1.807, 2.05) is 0 Å². The van der Waals surface area contributed by atoms with Crippen molar-refractivity contribution >= 4 is 221 Å². The molecular formula is C141H88. The van der Waals surface area contributed by atoms with E-state index in [1.165, 1.54) is 325 Å². The van der Waals surface area contributed by atoms with Crippen LogP contribution in [0.25, 0.3) is 221 Å². The summed E-state index contributed by atoms with van der Waals surface area (Å²) in [5.41, 5.74) is 53.4. The summed E-state index contributed by atoms with van der Waals surface area (Å²) in [6.45, 7) is 6.86. The Morgan fingerprint density at radius 1 is 0.121 bits per heavy atom. The highest BCUT2D eigenvalue weighted by Gasteiger charge is 2.42. The van der Waals surface area contributed by atoms with Gasteiger partial charge in [0.05, 0.1) is 0 Å². The molecule has 0 heteroatoms. The molecular weight excluding hydrogens is 1690 g/mol. The molecule has 0 atom stereocenters. The first kappa shape index (κ1) is 80.3. The number of rotatable bonds is 3. The molecule has 0 fully saturated rings. The van der Waals surface area contributed by atoms with Crippen LogP contribution in [0.3, 0.4) is 0 Å². The van der Waals surface area contributed by atoms with Crippen molar-refractivity contribution in [2.75, 3.05) is 0 Å². The summed E-state index contributed by atoms with van der Waals surface area (Å²) in [5, 5.41) is 26.3. The third-order valence-corrected chi connectivity index (χ3v) is 31.5. The Kier molecular flexibility index (Phi) is 18.0. The molecule has 0 radical (unpaired) electrons. The monoisotopic (exact) mass is 1780 g/mol. The van der Waals surface area contributed by atoms with E-state index >= 15 is 0 Å². The van der Waals surface area contributed by atoms with Gasteiger partial charge in [-0.1, -0.05) is 394 Å². The molecule has 141 heavy (non-hydrogen) atoms. The summed E-state index contributed by atoms with van der Waals surface area (Å²) in [4.78, 5) is 0. The number of fused-ring (bicyclic) bond motifs is 40. The number of hydrogen-bond donors (Lipinski definition) is 0. The van der Waals surface area contributed by atoms with E-state index in [4.69, 9.17) is 0 Å². The molecule has 0 nitrogen and oxygen atoms in total. The first-order valence-corrected chi connectivity index (χ1v) is 49.4. The van der Waals surface area contributed by atoms with E-state index in [2.05, 4.69) is 500 Å². The first-order valence-electron chi connectivity index (χ1n) is 49.4. The van der Waals surface area contributed by atoms with Gasteiger partial charge >= 0.3 is 0 Å². The lowest BCUT2D eigenvalue weighted by molar-refractivity contribution is 1.55. The lowest BCUT2D eigenvalue weighted by atomic mass is 9.89. The SMILES string of the molecule is C1=C2C(=C(c3ccccc3)c3cc4ccccc4cc32)c2c1ccc1ccccc21.C1=C2C(=Cc3cc4ccccc4cc32)c2c1ccc1ccccc21.CC1=C2C(=C(C)c3ccc4ccccc4c32)c2cc3ccccc3cc21.CC1=C2C(=Cc3ccc4ccccc4c32)c2cc3ccccc3cc21.c1ccc(C2=C3C(=C(c4ccccc4)c4ccc5ccccc5c43)c3cc4ccccc4cc32)cc1. The molecule has 23 aromatic carbocycles. The molecule has 0 saturated carbocycles. The van der Waals surface area contributed by atoms with Gasteiger partial charge in [0.2, 0.25) is 0 Å². The third kappa shape index (κ3) is 12.4. The Labute approximate surface area is 818 Å². The fourth-order valence-corrected chi connectivity index (χ4v) is 25.2. The molecule has 0 heterocycles. The summed E-state index contributed by atoms with van der Waals surface area (Å²) in [6, 6.07) is 166. The number of benzene rings is 23. The van der Waals surface area contributed by atoms with Crippen LogP contribution in [0, 0.1) is 0 Å². The third-order valence-electron chi connectivity index (χ3n) is 31.5. The predicted octanol–water partition coefficient (Wildman–Crippen LogP) is 37.4. The van der Waals surface area contributed by atoms with Gasteiger partial charge in [0.15, 0.2) is 0 Å².